The van der Waals surface area contributed by atoms with Gasteiger partial charge in [-0.25, -0.2) is 8.42 Å². The maximum atomic E-state index is 11.9. The zero-order valence-electron chi connectivity index (χ0n) is 11.5. The molecule has 2 aromatic carbocycles. The highest BCUT2D eigenvalue weighted by molar-refractivity contribution is 7.90. The van der Waals surface area contributed by atoms with Crippen LogP contribution in [0.4, 0.5) is 5.69 Å². The summed E-state index contributed by atoms with van der Waals surface area (Å²) in [6.45, 7) is 0.593. The smallest absolute Gasteiger partial charge is 0.176 e. The summed E-state index contributed by atoms with van der Waals surface area (Å²) >= 11 is 0. The number of sulfone groups is 1. The molecule has 1 N–H and O–H groups in total. The first kappa shape index (κ1) is 13.8. The van der Waals surface area contributed by atoms with Crippen molar-refractivity contribution in [2.45, 2.75) is 10.8 Å². The quantitative estimate of drug-likeness (QED) is 0.885. The molecule has 0 bridgehead atoms. The summed E-state index contributed by atoms with van der Waals surface area (Å²) < 4.78 is 23.8. The summed E-state index contributed by atoms with van der Waals surface area (Å²) in [6, 6.07) is 12.6. The molecule has 0 aromatic heterocycles. The Hall–Kier alpha value is -2.14. The van der Waals surface area contributed by atoms with Crippen molar-refractivity contribution in [2.75, 3.05) is 18.1 Å². The number of benzene rings is 2. The second-order valence-electron chi connectivity index (χ2n) is 5.19. The van der Waals surface area contributed by atoms with Crippen molar-refractivity contribution in [1.82, 2.24) is 0 Å². The first-order valence-corrected chi connectivity index (χ1v) is 8.52. The molecule has 21 heavy (non-hydrogen) atoms. The molecule has 0 fully saturated rings. The van der Waals surface area contributed by atoms with Crippen molar-refractivity contribution in [2.24, 2.45) is 0 Å². The van der Waals surface area contributed by atoms with E-state index in [1.807, 2.05) is 24.3 Å². The predicted molar refractivity (Wildman–Crippen MR) is 82.3 cm³/mol. The van der Waals surface area contributed by atoms with Crippen LogP contribution in [0.3, 0.4) is 0 Å². The van der Waals surface area contributed by atoms with Crippen LogP contribution in [-0.2, 0) is 14.6 Å². The van der Waals surface area contributed by atoms with Gasteiger partial charge in [-0.15, -0.1) is 0 Å². The summed E-state index contributed by atoms with van der Waals surface area (Å²) in [4.78, 5) is 11.3. The van der Waals surface area contributed by atoms with E-state index in [1.54, 1.807) is 18.2 Å². The van der Waals surface area contributed by atoms with E-state index >= 15 is 0 Å². The maximum Gasteiger partial charge on any atom is 0.176 e. The molecule has 1 heterocycles. The number of hydrogen-bond acceptors (Lipinski definition) is 4. The van der Waals surface area contributed by atoms with E-state index < -0.39 is 9.84 Å². The zero-order valence-corrected chi connectivity index (χ0v) is 12.4. The van der Waals surface area contributed by atoms with Crippen LogP contribution in [0.25, 0.3) is 11.1 Å². The van der Waals surface area contributed by atoms with Crippen molar-refractivity contribution < 1.29 is 13.2 Å². The molecule has 1 aliphatic rings. The summed E-state index contributed by atoms with van der Waals surface area (Å²) in [6.07, 6.45) is 2.14. The minimum Gasteiger partial charge on any atom is -0.384 e. The van der Waals surface area contributed by atoms with E-state index in [1.165, 1.54) is 6.26 Å². The second-order valence-corrected chi connectivity index (χ2v) is 7.18. The molecular formula is C16H15NO3S. The lowest BCUT2D eigenvalue weighted by Crippen LogP contribution is -2.01. The van der Waals surface area contributed by atoms with Crippen LogP contribution < -0.4 is 5.32 Å². The average molecular weight is 301 g/mol. The molecule has 1 unspecified atom stereocenters. The Morgan fingerprint density at radius 2 is 1.95 bits per heavy atom. The Morgan fingerprint density at radius 3 is 2.67 bits per heavy atom. The molecule has 3 rings (SSSR count). The molecule has 108 valence electrons. The van der Waals surface area contributed by atoms with Crippen LogP contribution in [0.1, 0.15) is 11.5 Å². The molecule has 0 saturated heterocycles. The van der Waals surface area contributed by atoms with Gasteiger partial charge in [0, 0.05) is 24.1 Å². The molecule has 2 aromatic rings. The van der Waals surface area contributed by atoms with Gasteiger partial charge < -0.3 is 10.1 Å². The number of hydrogen-bond donors (Lipinski definition) is 1. The fourth-order valence-corrected chi connectivity index (χ4v) is 3.59. The highest BCUT2D eigenvalue weighted by atomic mass is 32.2. The summed E-state index contributed by atoms with van der Waals surface area (Å²) in [5, 5.41) is 3.19. The number of anilines is 1. The normalized spacial score (nSPS) is 17.1. The third-order valence-electron chi connectivity index (χ3n) is 3.73. The van der Waals surface area contributed by atoms with Gasteiger partial charge in [0.2, 0.25) is 0 Å². The fourth-order valence-electron chi connectivity index (χ4n) is 2.68. The Morgan fingerprint density at radius 1 is 1.19 bits per heavy atom. The highest BCUT2D eigenvalue weighted by Crippen LogP contribution is 2.35. The second kappa shape index (κ2) is 5.00. The summed E-state index contributed by atoms with van der Waals surface area (Å²) in [5.74, 6) is -0.126. The topological polar surface area (TPSA) is 63.2 Å². The van der Waals surface area contributed by atoms with Crippen LogP contribution in [0.2, 0.25) is 0 Å². The maximum absolute atomic E-state index is 11.9. The summed E-state index contributed by atoms with van der Waals surface area (Å²) in [7, 11) is -3.29. The van der Waals surface area contributed by atoms with Crippen LogP contribution in [-0.4, -0.2) is 27.5 Å². The molecule has 0 radical (unpaired) electrons. The average Bonchev–Trinajstić information content (AvgIpc) is 2.88. The van der Waals surface area contributed by atoms with E-state index in [4.69, 9.17) is 0 Å². The first-order chi connectivity index (χ1) is 10.0. The minimum absolute atomic E-state index is 0.126. The number of aldehydes is 1. The van der Waals surface area contributed by atoms with Gasteiger partial charge in [0.1, 0.15) is 6.29 Å². The van der Waals surface area contributed by atoms with Gasteiger partial charge in [0.15, 0.2) is 9.84 Å². The Bertz CT molecular complexity index is 812. The number of fused-ring (bicyclic) bond motifs is 1. The van der Waals surface area contributed by atoms with Gasteiger partial charge in [-0.1, -0.05) is 30.3 Å². The molecule has 1 atom stereocenters. The van der Waals surface area contributed by atoms with Crippen molar-refractivity contribution in [3.8, 4) is 11.1 Å². The van der Waals surface area contributed by atoms with Crippen molar-refractivity contribution in [3.05, 3.63) is 48.0 Å². The molecule has 0 saturated carbocycles. The molecule has 0 amide bonds. The summed E-state index contributed by atoms with van der Waals surface area (Å²) in [5.41, 5.74) is 3.37. The number of carbonyl (C=O) groups is 1. The van der Waals surface area contributed by atoms with Crippen LogP contribution in [0.15, 0.2) is 47.4 Å². The van der Waals surface area contributed by atoms with Crippen LogP contribution >= 0.6 is 0 Å². The predicted octanol–water partition coefficient (Wildman–Crippen LogP) is 2.47. The zero-order chi connectivity index (χ0) is 15.0. The minimum atomic E-state index is -3.29. The molecule has 4 nitrogen and oxygen atoms in total. The van der Waals surface area contributed by atoms with Gasteiger partial charge in [0.25, 0.3) is 0 Å². The Balaban J connectivity index is 2.14. The first-order valence-electron chi connectivity index (χ1n) is 6.63. The largest absolute Gasteiger partial charge is 0.384 e. The SMILES string of the molecule is CS(=O)(=O)c1ccccc1-c1ccc2c(c1)NCC2C=O. The monoisotopic (exact) mass is 301 g/mol. The third-order valence-corrected chi connectivity index (χ3v) is 4.88. The molecule has 0 aliphatic carbocycles. The van der Waals surface area contributed by atoms with Crippen molar-refractivity contribution in [3.63, 3.8) is 0 Å². The van der Waals surface area contributed by atoms with Gasteiger partial charge in [0.05, 0.1) is 10.8 Å². The van der Waals surface area contributed by atoms with E-state index in [-0.39, 0.29) is 5.92 Å². The molecule has 1 aliphatic heterocycles. The third kappa shape index (κ3) is 2.45. The van der Waals surface area contributed by atoms with E-state index in [2.05, 4.69) is 5.32 Å². The number of nitrogens with one attached hydrogen (secondary N) is 1. The van der Waals surface area contributed by atoms with E-state index in [0.29, 0.717) is 17.0 Å². The van der Waals surface area contributed by atoms with Gasteiger partial charge in [-0.05, 0) is 23.3 Å². The van der Waals surface area contributed by atoms with E-state index in [0.717, 1.165) is 23.1 Å². The lowest BCUT2D eigenvalue weighted by Gasteiger charge is -2.10. The van der Waals surface area contributed by atoms with Crippen molar-refractivity contribution >= 4 is 21.8 Å². The van der Waals surface area contributed by atoms with Crippen molar-refractivity contribution in [1.29, 1.82) is 0 Å². The Kier molecular flexibility index (Phi) is 3.29. The Labute approximate surface area is 123 Å². The molecule has 5 heteroatoms. The molecular weight excluding hydrogens is 286 g/mol. The van der Waals surface area contributed by atoms with Gasteiger partial charge in [-0.3, -0.25) is 0 Å². The lowest BCUT2D eigenvalue weighted by atomic mass is 9.98. The lowest BCUT2D eigenvalue weighted by molar-refractivity contribution is -0.108. The number of rotatable bonds is 3. The fraction of sp³-hybridized carbons (Fsp3) is 0.188. The van der Waals surface area contributed by atoms with E-state index in [9.17, 15) is 13.2 Å². The van der Waals surface area contributed by atoms with Gasteiger partial charge in [-0.2, -0.15) is 0 Å². The van der Waals surface area contributed by atoms with Crippen LogP contribution in [0.5, 0.6) is 0 Å². The standard InChI is InChI=1S/C16H15NO3S/c1-21(19,20)16-5-3-2-4-14(16)11-6-7-13-12(10-18)9-17-15(13)8-11/h2-8,10,12,17H,9H2,1H3. The van der Waals surface area contributed by atoms with Gasteiger partial charge >= 0.3 is 0 Å². The molecule has 0 spiro atoms. The highest BCUT2D eigenvalue weighted by Gasteiger charge is 2.22. The van der Waals surface area contributed by atoms with Crippen LogP contribution in [0, 0.1) is 0 Å². The number of carbonyl (C=O) groups excluding carboxylic acids is 1.